The molecule has 218 valence electrons. The number of nitrogens with two attached hydrogens (primary N) is 1. The van der Waals surface area contributed by atoms with E-state index in [9.17, 15) is 19.5 Å². The van der Waals surface area contributed by atoms with Crippen LogP contribution >= 0.6 is 11.6 Å². The summed E-state index contributed by atoms with van der Waals surface area (Å²) in [5.41, 5.74) is 6.82. The highest BCUT2D eigenvalue weighted by Gasteiger charge is 2.28. The number of hydrogen-bond donors (Lipinski definition) is 2. The van der Waals surface area contributed by atoms with Crippen LogP contribution in [0.3, 0.4) is 0 Å². The molecule has 0 spiro atoms. The molecule has 3 aromatic carbocycles. The van der Waals surface area contributed by atoms with Crippen LogP contribution in [-0.4, -0.2) is 68.2 Å². The Bertz CT molecular complexity index is 1880. The van der Waals surface area contributed by atoms with Crippen molar-refractivity contribution in [2.45, 2.75) is 19.1 Å². The van der Waals surface area contributed by atoms with E-state index in [0.717, 1.165) is 5.39 Å². The number of aromatic nitrogens is 3. The molecular formula is C31H26ClN5O6. The molecule has 2 amide bonds. The summed E-state index contributed by atoms with van der Waals surface area (Å²) in [7, 11) is 0. The van der Waals surface area contributed by atoms with E-state index in [2.05, 4.69) is 10.2 Å². The third-order valence-electron chi connectivity index (χ3n) is 7.25. The number of fused-ring (bicyclic) bond motifs is 2. The van der Waals surface area contributed by atoms with Gasteiger partial charge in [0.1, 0.15) is 11.5 Å². The van der Waals surface area contributed by atoms with Crippen molar-refractivity contribution in [1.29, 1.82) is 0 Å². The highest BCUT2D eigenvalue weighted by molar-refractivity contribution is 6.31. The lowest BCUT2D eigenvalue weighted by molar-refractivity contribution is -0.127. The normalized spacial score (nSPS) is 14.9. The van der Waals surface area contributed by atoms with Gasteiger partial charge in [0.05, 0.1) is 23.6 Å². The Labute approximate surface area is 250 Å². The molecule has 2 aromatic heterocycles. The number of rotatable bonds is 10. The molecule has 43 heavy (non-hydrogen) atoms. The molecule has 0 bridgehead atoms. The summed E-state index contributed by atoms with van der Waals surface area (Å²) in [4.78, 5) is 39.6. The minimum absolute atomic E-state index is 0.0959. The highest BCUT2D eigenvalue weighted by Crippen LogP contribution is 2.31. The van der Waals surface area contributed by atoms with E-state index < -0.39 is 12.0 Å². The number of primary amides is 1. The summed E-state index contributed by atoms with van der Waals surface area (Å²) in [5.74, 6) is -0.168. The summed E-state index contributed by atoms with van der Waals surface area (Å²) in [6.07, 6.45) is 2.65. The zero-order valence-corrected chi connectivity index (χ0v) is 23.5. The largest absolute Gasteiger partial charge is 0.485 e. The lowest BCUT2D eigenvalue weighted by Crippen LogP contribution is -2.29. The van der Waals surface area contributed by atoms with Crippen molar-refractivity contribution in [1.82, 2.24) is 19.7 Å². The zero-order chi connectivity index (χ0) is 30.1. The van der Waals surface area contributed by atoms with Crippen molar-refractivity contribution in [3.05, 3.63) is 89.2 Å². The van der Waals surface area contributed by atoms with Crippen molar-refractivity contribution in [2.75, 3.05) is 19.7 Å². The minimum Gasteiger partial charge on any atom is -0.485 e. The third-order valence-corrected chi connectivity index (χ3v) is 7.49. The molecule has 1 aliphatic rings. The number of hydrogen-bond acceptors (Lipinski definition) is 8. The summed E-state index contributed by atoms with van der Waals surface area (Å²) < 4.78 is 13.6. The van der Waals surface area contributed by atoms with Gasteiger partial charge in [0.25, 0.3) is 5.91 Å². The second-order valence-corrected chi connectivity index (χ2v) is 10.6. The second kappa shape index (κ2) is 11.7. The number of aliphatic hydroxyl groups is 1. The number of Topliss-reactive ketones (excluding diaryl/α,β-unsaturated/α-hetero) is 1. The van der Waals surface area contributed by atoms with Gasteiger partial charge in [-0.2, -0.15) is 5.10 Å². The quantitative estimate of drug-likeness (QED) is 0.229. The van der Waals surface area contributed by atoms with E-state index in [1.165, 1.54) is 6.20 Å². The van der Waals surface area contributed by atoms with Crippen molar-refractivity contribution in [3.63, 3.8) is 0 Å². The lowest BCUT2D eigenvalue weighted by atomic mass is 10.1. The first kappa shape index (κ1) is 28.1. The van der Waals surface area contributed by atoms with E-state index in [1.54, 1.807) is 71.8 Å². The van der Waals surface area contributed by atoms with E-state index in [4.69, 9.17) is 26.8 Å². The first-order valence-electron chi connectivity index (χ1n) is 13.5. The van der Waals surface area contributed by atoms with Gasteiger partial charge in [-0.05, 0) is 53.2 Å². The number of aliphatic hydroxyl groups excluding tert-OH is 1. The Hall–Kier alpha value is -5.00. The van der Waals surface area contributed by atoms with Crippen molar-refractivity contribution >= 4 is 50.9 Å². The highest BCUT2D eigenvalue weighted by atomic mass is 35.5. The molecule has 0 unspecified atom stereocenters. The van der Waals surface area contributed by atoms with Gasteiger partial charge in [-0.15, -0.1) is 5.10 Å². The lowest BCUT2D eigenvalue weighted by Gasteiger charge is -2.16. The minimum atomic E-state index is -0.696. The molecule has 1 fully saturated rings. The monoisotopic (exact) mass is 599 g/mol. The number of halogens is 1. The van der Waals surface area contributed by atoms with Crippen LogP contribution in [0.4, 0.5) is 0 Å². The van der Waals surface area contributed by atoms with Crippen LogP contribution in [0.2, 0.25) is 5.02 Å². The van der Waals surface area contributed by atoms with Crippen molar-refractivity contribution in [3.8, 4) is 17.4 Å². The maximum absolute atomic E-state index is 13.5. The number of ether oxygens (including phenoxy) is 2. The summed E-state index contributed by atoms with van der Waals surface area (Å²) in [5, 5.41) is 20.3. The number of benzene rings is 3. The van der Waals surface area contributed by atoms with Crippen LogP contribution < -0.4 is 15.2 Å². The standard InChI is InChI=1S/C31H26ClN5O6/c32-20-4-3-18-12-28(24(31(33)41)11-19(18)10-20)42-17-27(39)25-16-36(8-9-37-15-21(38)13-30(37)40)26-14-22(5-6-23(25)26)43-29-2-1-7-34-35-29/h1-7,10-12,14,16,21,38H,8-9,13,15,17H2,(H2,33,41)/t21-/m0/s1. The van der Waals surface area contributed by atoms with Crippen LogP contribution in [0.1, 0.15) is 27.1 Å². The molecule has 3 N–H and O–H groups in total. The summed E-state index contributed by atoms with van der Waals surface area (Å²) >= 11 is 6.10. The van der Waals surface area contributed by atoms with Crippen LogP contribution in [0, 0.1) is 0 Å². The molecule has 0 saturated carbocycles. The van der Waals surface area contributed by atoms with E-state index >= 15 is 0 Å². The number of carbonyl (C=O) groups is 3. The van der Waals surface area contributed by atoms with Gasteiger partial charge in [0.2, 0.25) is 17.6 Å². The smallest absolute Gasteiger partial charge is 0.252 e. The fourth-order valence-electron chi connectivity index (χ4n) is 5.18. The number of amides is 2. The number of β-amino-alcohol motifs (C(OH)–C–C–N with tert-alkyl or cyclic N) is 1. The maximum Gasteiger partial charge on any atom is 0.252 e. The number of nitrogens with zero attached hydrogens (tertiary/aromatic N) is 4. The molecule has 12 heteroatoms. The molecule has 1 aliphatic heterocycles. The van der Waals surface area contributed by atoms with Gasteiger partial charge in [0.15, 0.2) is 6.61 Å². The third kappa shape index (κ3) is 5.99. The zero-order valence-electron chi connectivity index (χ0n) is 22.8. The predicted molar refractivity (Wildman–Crippen MR) is 159 cm³/mol. The van der Waals surface area contributed by atoms with Crippen LogP contribution in [0.5, 0.6) is 17.4 Å². The van der Waals surface area contributed by atoms with Gasteiger partial charge in [-0.3, -0.25) is 14.4 Å². The SMILES string of the molecule is NC(=O)c1cc2cc(Cl)ccc2cc1OCC(=O)c1cn(CCN2C[C@@H](O)CC2=O)c2cc(Oc3cccnn3)ccc12. The topological polar surface area (TPSA) is 150 Å². The van der Waals surface area contributed by atoms with Crippen molar-refractivity contribution < 1.29 is 29.0 Å². The predicted octanol–water partition coefficient (Wildman–Crippen LogP) is 3.98. The molecule has 1 atom stereocenters. The van der Waals surface area contributed by atoms with Gasteiger partial charge >= 0.3 is 0 Å². The van der Waals surface area contributed by atoms with Crippen LogP contribution in [0.25, 0.3) is 21.7 Å². The maximum atomic E-state index is 13.5. The average Bonchev–Trinajstić information content (AvgIpc) is 3.52. The Morgan fingerprint density at radius 1 is 1.05 bits per heavy atom. The van der Waals surface area contributed by atoms with Gasteiger partial charge in [0, 0.05) is 60.1 Å². The fraction of sp³-hybridized carbons (Fsp3) is 0.194. The Morgan fingerprint density at radius 3 is 2.65 bits per heavy atom. The second-order valence-electron chi connectivity index (χ2n) is 10.2. The molecule has 0 aliphatic carbocycles. The number of carbonyl (C=O) groups excluding carboxylic acids is 3. The van der Waals surface area contributed by atoms with E-state index in [1.807, 2.05) is 4.57 Å². The number of likely N-dealkylation sites (tertiary alicyclic amines) is 1. The summed E-state index contributed by atoms with van der Waals surface area (Å²) in [6.45, 7) is 0.630. The average molecular weight is 600 g/mol. The molecule has 0 radical (unpaired) electrons. The first-order valence-corrected chi connectivity index (χ1v) is 13.9. The van der Waals surface area contributed by atoms with E-state index in [-0.39, 0.29) is 42.6 Å². The number of ketones is 1. The van der Waals surface area contributed by atoms with Gasteiger partial charge in [-0.1, -0.05) is 17.7 Å². The van der Waals surface area contributed by atoms with Gasteiger partial charge in [-0.25, -0.2) is 0 Å². The van der Waals surface area contributed by atoms with Crippen LogP contribution in [-0.2, 0) is 11.3 Å². The Kier molecular flexibility index (Phi) is 7.66. The molecule has 3 heterocycles. The molecule has 6 rings (SSSR count). The molecule has 11 nitrogen and oxygen atoms in total. The van der Waals surface area contributed by atoms with Gasteiger partial charge < -0.3 is 29.8 Å². The van der Waals surface area contributed by atoms with Crippen LogP contribution in [0.15, 0.2) is 73.1 Å². The molecular weight excluding hydrogens is 574 g/mol. The van der Waals surface area contributed by atoms with Crippen molar-refractivity contribution in [2.24, 2.45) is 5.73 Å². The first-order chi connectivity index (χ1) is 20.7. The molecule has 5 aromatic rings. The fourth-order valence-corrected chi connectivity index (χ4v) is 5.36. The van der Waals surface area contributed by atoms with E-state index in [0.29, 0.717) is 51.6 Å². The molecule has 1 saturated heterocycles. The Morgan fingerprint density at radius 2 is 1.91 bits per heavy atom. The Balaban J connectivity index is 1.29. The summed E-state index contributed by atoms with van der Waals surface area (Å²) in [6, 6.07) is 17.1.